The lowest BCUT2D eigenvalue weighted by Crippen LogP contribution is -2.11. The average molecular weight is 214 g/mol. The van der Waals surface area contributed by atoms with Crippen LogP contribution in [0.15, 0.2) is 36.0 Å². The molecular formula is C14H16NO. The second-order valence-electron chi connectivity index (χ2n) is 4.07. The lowest BCUT2D eigenvalue weighted by Gasteiger charge is -2.18. The molecule has 1 aromatic carbocycles. The zero-order valence-corrected chi connectivity index (χ0v) is 9.36. The van der Waals surface area contributed by atoms with Crippen LogP contribution in [-0.2, 0) is 11.4 Å². The lowest BCUT2D eigenvalue weighted by atomic mass is 9.87. The van der Waals surface area contributed by atoms with Gasteiger partial charge < -0.3 is 4.84 Å². The van der Waals surface area contributed by atoms with Crippen LogP contribution < -0.4 is 0 Å². The average Bonchev–Trinajstić information content (AvgIpc) is 2.27. The molecule has 0 amide bonds. The summed E-state index contributed by atoms with van der Waals surface area (Å²) in [5, 5.41) is 3.87. The van der Waals surface area contributed by atoms with E-state index in [2.05, 4.69) is 17.9 Å². The first-order valence-electron chi connectivity index (χ1n) is 5.67. The molecule has 0 unspecified atom stereocenters. The highest BCUT2D eigenvalue weighted by Gasteiger charge is 2.15. The van der Waals surface area contributed by atoms with Crippen LogP contribution in [0.5, 0.6) is 0 Å². The van der Waals surface area contributed by atoms with Gasteiger partial charge in [-0.3, -0.25) is 0 Å². The van der Waals surface area contributed by atoms with E-state index in [-0.39, 0.29) is 0 Å². The molecule has 0 atom stereocenters. The van der Waals surface area contributed by atoms with Gasteiger partial charge in [-0.15, -0.1) is 0 Å². The summed E-state index contributed by atoms with van der Waals surface area (Å²) in [5.74, 6) is 0.527. The molecule has 1 radical (unpaired) electrons. The normalized spacial score (nSPS) is 16.0. The van der Waals surface area contributed by atoms with Gasteiger partial charge in [0.2, 0.25) is 0 Å². The Kier molecular flexibility index (Phi) is 3.76. The number of rotatable bonds is 5. The second-order valence-corrected chi connectivity index (χ2v) is 4.07. The number of hydrogen-bond donors (Lipinski definition) is 0. The van der Waals surface area contributed by atoms with Crippen molar-refractivity contribution in [2.45, 2.75) is 25.9 Å². The predicted molar refractivity (Wildman–Crippen MR) is 66.1 cm³/mol. The van der Waals surface area contributed by atoms with Crippen LogP contribution in [0, 0.1) is 5.92 Å². The van der Waals surface area contributed by atoms with Crippen molar-refractivity contribution in [1.29, 1.82) is 0 Å². The summed E-state index contributed by atoms with van der Waals surface area (Å²) < 4.78 is 0. The Morgan fingerprint density at radius 2 is 2.38 bits per heavy atom. The molecule has 1 aliphatic rings. The van der Waals surface area contributed by atoms with Crippen molar-refractivity contribution in [3.8, 4) is 0 Å². The molecule has 0 spiro atoms. The molecule has 0 saturated heterocycles. The largest absolute Gasteiger partial charge is 0.391 e. The molecule has 1 fully saturated rings. The maximum Gasteiger partial charge on any atom is 0.142 e. The molecule has 83 valence electrons. The Morgan fingerprint density at radius 1 is 1.50 bits per heavy atom. The van der Waals surface area contributed by atoms with Crippen molar-refractivity contribution >= 4 is 12.3 Å². The minimum Gasteiger partial charge on any atom is -0.391 e. The van der Waals surface area contributed by atoms with E-state index in [1.54, 1.807) is 0 Å². The SMILES string of the molecule is C=Cc1cccc(CO/N=[C]\C2CCC2)c1. The van der Waals surface area contributed by atoms with Crippen LogP contribution in [0.2, 0.25) is 0 Å². The Hall–Kier alpha value is -1.57. The van der Waals surface area contributed by atoms with E-state index < -0.39 is 0 Å². The van der Waals surface area contributed by atoms with Gasteiger partial charge in [-0.25, -0.2) is 0 Å². The van der Waals surface area contributed by atoms with Crippen LogP contribution in [0.3, 0.4) is 0 Å². The number of nitrogens with zero attached hydrogens (tertiary/aromatic N) is 1. The van der Waals surface area contributed by atoms with Crippen molar-refractivity contribution < 1.29 is 4.84 Å². The van der Waals surface area contributed by atoms with Gasteiger partial charge in [0.15, 0.2) is 0 Å². The van der Waals surface area contributed by atoms with Crippen molar-refractivity contribution in [3.63, 3.8) is 0 Å². The zero-order chi connectivity index (χ0) is 11.2. The molecule has 16 heavy (non-hydrogen) atoms. The topological polar surface area (TPSA) is 21.6 Å². The fraction of sp³-hybridized carbons (Fsp3) is 0.357. The molecule has 0 heterocycles. The number of benzene rings is 1. The maximum absolute atomic E-state index is 5.21. The highest BCUT2D eigenvalue weighted by molar-refractivity contribution is 5.60. The number of hydrogen-bond acceptors (Lipinski definition) is 2. The van der Waals surface area contributed by atoms with Crippen LogP contribution in [0.1, 0.15) is 30.4 Å². The highest BCUT2D eigenvalue weighted by Crippen LogP contribution is 2.24. The molecule has 0 aliphatic heterocycles. The molecule has 1 aromatic rings. The van der Waals surface area contributed by atoms with Gasteiger partial charge in [0.1, 0.15) is 12.8 Å². The first kappa shape index (κ1) is 10.9. The van der Waals surface area contributed by atoms with E-state index in [0.29, 0.717) is 12.5 Å². The van der Waals surface area contributed by atoms with Crippen LogP contribution in [0.25, 0.3) is 6.08 Å². The monoisotopic (exact) mass is 214 g/mol. The summed E-state index contributed by atoms with van der Waals surface area (Å²) in [6, 6.07) is 8.08. The highest BCUT2D eigenvalue weighted by atomic mass is 16.6. The van der Waals surface area contributed by atoms with Gasteiger partial charge >= 0.3 is 0 Å². The van der Waals surface area contributed by atoms with Gasteiger partial charge in [0.05, 0.1) is 0 Å². The van der Waals surface area contributed by atoms with Gasteiger partial charge in [0.25, 0.3) is 0 Å². The van der Waals surface area contributed by atoms with Crippen molar-refractivity contribution in [3.05, 3.63) is 42.0 Å². The molecule has 2 rings (SSSR count). The van der Waals surface area contributed by atoms with E-state index in [9.17, 15) is 0 Å². The molecule has 2 heteroatoms. The summed E-state index contributed by atoms with van der Waals surface area (Å²) >= 11 is 0. The van der Waals surface area contributed by atoms with Crippen molar-refractivity contribution in [1.82, 2.24) is 0 Å². The Morgan fingerprint density at radius 3 is 3.06 bits per heavy atom. The van der Waals surface area contributed by atoms with Crippen molar-refractivity contribution in [2.24, 2.45) is 11.1 Å². The van der Waals surface area contributed by atoms with Crippen molar-refractivity contribution in [2.75, 3.05) is 0 Å². The van der Waals surface area contributed by atoms with E-state index in [1.807, 2.05) is 30.3 Å². The first-order valence-corrected chi connectivity index (χ1v) is 5.67. The van der Waals surface area contributed by atoms with Crippen LogP contribution >= 0.6 is 0 Å². The molecular weight excluding hydrogens is 198 g/mol. The molecule has 2 nitrogen and oxygen atoms in total. The lowest BCUT2D eigenvalue weighted by molar-refractivity contribution is 0.129. The van der Waals surface area contributed by atoms with Gasteiger partial charge in [0, 0.05) is 5.92 Å². The minimum atomic E-state index is 0.501. The maximum atomic E-state index is 5.21. The molecule has 0 N–H and O–H groups in total. The quantitative estimate of drug-likeness (QED) is 0.543. The summed E-state index contributed by atoms with van der Waals surface area (Å²) in [6.07, 6.45) is 8.54. The van der Waals surface area contributed by atoms with Gasteiger partial charge in [-0.1, -0.05) is 42.4 Å². The fourth-order valence-electron chi connectivity index (χ4n) is 1.57. The Labute approximate surface area is 96.6 Å². The first-order chi connectivity index (χ1) is 7.88. The van der Waals surface area contributed by atoms with E-state index >= 15 is 0 Å². The third-order valence-electron chi connectivity index (χ3n) is 2.82. The summed E-state index contributed by atoms with van der Waals surface area (Å²) in [6.45, 7) is 4.24. The molecule has 0 aromatic heterocycles. The van der Waals surface area contributed by atoms with E-state index in [4.69, 9.17) is 4.84 Å². The zero-order valence-electron chi connectivity index (χ0n) is 9.36. The third-order valence-corrected chi connectivity index (χ3v) is 2.82. The third kappa shape index (κ3) is 2.96. The molecule has 1 saturated carbocycles. The van der Waals surface area contributed by atoms with E-state index in [0.717, 1.165) is 11.1 Å². The van der Waals surface area contributed by atoms with Crippen LogP contribution in [-0.4, -0.2) is 6.21 Å². The minimum absolute atomic E-state index is 0.501. The molecule has 1 aliphatic carbocycles. The van der Waals surface area contributed by atoms with Crippen LogP contribution in [0.4, 0.5) is 0 Å². The second kappa shape index (κ2) is 5.50. The van der Waals surface area contributed by atoms with Gasteiger partial charge in [-0.2, -0.15) is 0 Å². The fourth-order valence-corrected chi connectivity index (χ4v) is 1.57. The smallest absolute Gasteiger partial charge is 0.142 e. The Balaban J connectivity index is 1.79. The summed E-state index contributed by atoms with van der Waals surface area (Å²) in [7, 11) is 0. The summed E-state index contributed by atoms with van der Waals surface area (Å²) in [4.78, 5) is 5.21. The summed E-state index contributed by atoms with van der Waals surface area (Å²) in [5.41, 5.74) is 2.21. The van der Waals surface area contributed by atoms with E-state index in [1.165, 1.54) is 19.3 Å². The van der Waals surface area contributed by atoms with Gasteiger partial charge in [-0.05, 0) is 30.0 Å². The standard InChI is InChI=1S/C14H16NO/c1-2-12-5-3-8-14(9-12)11-16-15-10-13-6-4-7-13/h2-3,5,8-9,13H,1,4,6-7,11H2. The predicted octanol–water partition coefficient (Wildman–Crippen LogP) is 3.51. The Bertz CT molecular complexity index is 380. The molecule has 0 bridgehead atoms.